The van der Waals surface area contributed by atoms with Crippen molar-refractivity contribution in [2.24, 2.45) is 5.92 Å². The third-order valence-electron chi connectivity index (χ3n) is 3.96. The van der Waals surface area contributed by atoms with Crippen LogP contribution in [0, 0.1) is 5.92 Å². The summed E-state index contributed by atoms with van der Waals surface area (Å²) in [6.07, 6.45) is -2.70. The van der Waals surface area contributed by atoms with E-state index in [1.54, 1.807) is 0 Å². The monoisotopic (exact) mass is 280 g/mol. The maximum atomic E-state index is 12.1. The first-order valence-electron chi connectivity index (χ1n) is 7.37. The van der Waals surface area contributed by atoms with Crippen molar-refractivity contribution in [2.75, 3.05) is 19.6 Å². The zero-order valence-electron chi connectivity index (χ0n) is 12.3. The second-order valence-electron chi connectivity index (χ2n) is 5.89. The number of rotatable bonds is 6. The van der Waals surface area contributed by atoms with Gasteiger partial charge in [-0.25, -0.2) is 0 Å². The van der Waals surface area contributed by atoms with Crippen LogP contribution in [0.15, 0.2) is 0 Å². The van der Waals surface area contributed by atoms with Gasteiger partial charge in [0, 0.05) is 31.6 Å². The molecule has 1 rings (SSSR count). The van der Waals surface area contributed by atoms with Crippen molar-refractivity contribution in [3.8, 4) is 0 Å². The molecule has 0 spiro atoms. The molecule has 0 saturated carbocycles. The molecule has 0 aromatic rings. The average molecular weight is 280 g/mol. The summed E-state index contributed by atoms with van der Waals surface area (Å²) in [5.74, 6) is 0.535. The summed E-state index contributed by atoms with van der Waals surface area (Å²) >= 11 is 0. The summed E-state index contributed by atoms with van der Waals surface area (Å²) in [7, 11) is 0. The minimum Gasteiger partial charge on any atom is -0.311 e. The Hall–Kier alpha value is -0.290. The number of halogens is 3. The van der Waals surface area contributed by atoms with Gasteiger partial charge in [-0.2, -0.15) is 13.2 Å². The molecule has 2 nitrogen and oxygen atoms in total. The molecular weight excluding hydrogens is 253 g/mol. The summed E-state index contributed by atoms with van der Waals surface area (Å²) in [5.41, 5.74) is 0. The lowest BCUT2D eigenvalue weighted by molar-refractivity contribution is -0.135. The van der Waals surface area contributed by atoms with Crippen LogP contribution in [0.3, 0.4) is 0 Å². The summed E-state index contributed by atoms with van der Waals surface area (Å²) < 4.78 is 36.4. The highest BCUT2D eigenvalue weighted by atomic mass is 19.4. The van der Waals surface area contributed by atoms with E-state index in [0.29, 0.717) is 24.4 Å². The van der Waals surface area contributed by atoms with Crippen molar-refractivity contribution < 1.29 is 13.2 Å². The van der Waals surface area contributed by atoms with E-state index in [-0.39, 0.29) is 6.42 Å². The Morgan fingerprint density at radius 2 is 1.95 bits per heavy atom. The lowest BCUT2D eigenvalue weighted by Gasteiger charge is -2.42. The normalized spacial score (nSPS) is 26.1. The van der Waals surface area contributed by atoms with E-state index < -0.39 is 12.6 Å². The molecule has 0 radical (unpaired) electrons. The molecule has 0 aromatic carbocycles. The number of hydrogen-bond acceptors (Lipinski definition) is 2. The second kappa shape index (κ2) is 7.48. The summed E-state index contributed by atoms with van der Waals surface area (Å²) in [6.45, 7) is 9.22. The van der Waals surface area contributed by atoms with Crippen LogP contribution in [-0.4, -0.2) is 42.8 Å². The molecule has 5 heteroatoms. The summed E-state index contributed by atoms with van der Waals surface area (Å²) in [5, 5.41) is 3.52. The number of unbranched alkanes of at least 4 members (excludes halogenated alkanes) is 1. The standard InChI is InChI=1S/C14H27F3N2/c1-4-12-10-19(13(9-18-12)11(2)3)8-6-5-7-14(15,16)17/h11-13,18H,4-10H2,1-3H3. The van der Waals surface area contributed by atoms with Crippen LogP contribution in [0.5, 0.6) is 0 Å². The van der Waals surface area contributed by atoms with Crippen LogP contribution >= 0.6 is 0 Å². The van der Waals surface area contributed by atoms with Crippen molar-refractivity contribution in [1.29, 1.82) is 0 Å². The topological polar surface area (TPSA) is 15.3 Å². The van der Waals surface area contributed by atoms with Gasteiger partial charge in [-0.15, -0.1) is 0 Å². The van der Waals surface area contributed by atoms with Crippen molar-refractivity contribution >= 4 is 0 Å². The molecule has 1 fully saturated rings. The van der Waals surface area contributed by atoms with Gasteiger partial charge in [-0.1, -0.05) is 20.8 Å². The lowest BCUT2D eigenvalue weighted by atomic mass is 9.97. The fourth-order valence-electron chi connectivity index (χ4n) is 2.73. The molecule has 0 aliphatic carbocycles. The molecule has 2 unspecified atom stereocenters. The Balaban J connectivity index is 2.37. The van der Waals surface area contributed by atoms with Crippen molar-refractivity contribution in [3.05, 3.63) is 0 Å². The van der Waals surface area contributed by atoms with Gasteiger partial charge in [-0.3, -0.25) is 4.90 Å². The molecule has 0 aromatic heterocycles. The summed E-state index contributed by atoms with van der Waals surface area (Å²) in [6, 6.07) is 0.936. The van der Waals surface area contributed by atoms with Crippen molar-refractivity contribution in [2.45, 2.75) is 64.7 Å². The van der Waals surface area contributed by atoms with Crippen molar-refractivity contribution in [1.82, 2.24) is 10.2 Å². The van der Waals surface area contributed by atoms with Gasteiger partial charge in [0.25, 0.3) is 0 Å². The molecule has 0 amide bonds. The van der Waals surface area contributed by atoms with Gasteiger partial charge in [0.2, 0.25) is 0 Å². The largest absolute Gasteiger partial charge is 0.389 e. The van der Waals surface area contributed by atoms with Crippen LogP contribution in [0.25, 0.3) is 0 Å². The Bertz CT molecular complexity index is 254. The van der Waals surface area contributed by atoms with Crippen LogP contribution in [0.2, 0.25) is 0 Å². The molecule has 2 atom stereocenters. The van der Waals surface area contributed by atoms with E-state index in [2.05, 4.69) is 31.0 Å². The minimum atomic E-state index is -4.01. The van der Waals surface area contributed by atoms with Crippen molar-refractivity contribution in [3.63, 3.8) is 0 Å². The SMILES string of the molecule is CCC1CN(CCCCC(F)(F)F)C(C(C)C)CN1. The number of hydrogen-bond donors (Lipinski definition) is 1. The van der Waals surface area contributed by atoms with E-state index in [0.717, 1.165) is 26.1 Å². The Morgan fingerprint density at radius 1 is 1.26 bits per heavy atom. The smallest absolute Gasteiger partial charge is 0.311 e. The van der Waals surface area contributed by atoms with E-state index in [1.165, 1.54) is 0 Å². The number of nitrogens with zero attached hydrogens (tertiary/aromatic N) is 1. The fraction of sp³-hybridized carbons (Fsp3) is 1.00. The highest BCUT2D eigenvalue weighted by Crippen LogP contribution is 2.23. The zero-order chi connectivity index (χ0) is 14.5. The van der Waals surface area contributed by atoms with E-state index >= 15 is 0 Å². The van der Waals surface area contributed by atoms with Gasteiger partial charge in [0.05, 0.1) is 0 Å². The van der Waals surface area contributed by atoms with Crippen LogP contribution in [-0.2, 0) is 0 Å². The van der Waals surface area contributed by atoms with Gasteiger partial charge in [0.1, 0.15) is 0 Å². The lowest BCUT2D eigenvalue weighted by Crippen LogP contribution is -2.58. The van der Waals surface area contributed by atoms with E-state index in [9.17, 15) is 13.2 Å². The molecule has 1 aliphatic heterocycles. The molecule has 114 valence electrons. The summed E-state index contributed by atoms with van der Waals surface area (Å²) in [4.78, 5) is 2.38. The first kappa shape index (κ1) is 16.8. The molecular formula is C14H27F3N2. The molecule has 19 heavy (non-hydrogen) atoms. The fourth-order valence-corrected chi connectivity index (χ4v) is 2.73. The van der Waals surface area contributed by atoms with E-state index in [1.807, 2.05) is 0 Å². The van der Waals surface area contributed by atoms with Gasteiger partial charge in [0.15, 0.2) is 0 Å². The Labute approximate surface area is 114 Å². The van der Waals surface area contributed by atoms with Crippen LogP contribution in [0.4, 0.5) is 13.2 Å². The first-order valence-corrected chi connectivity index (χ1v) is 7.37. The predicted octanol–water partition coefficient (Wildman–Crippen LogP) is 3.43. The van der Waals surface area contributed by atoms with Gasteiger partial charge >= 0.3 is 6.18 Å². The molecule has 1 aliphatic rings. The van der Waals surface area contributed by atoms with Gasteiger partial charge < -0.3 is 5.32 Å². The maximum Gasteiger partial charge on any atom is 0.389 e. The quantitative estimate of drug-likeness (QED) is 0.750. The third-order valence-corrected chi connectivity index (χ3v) is 3.96. The predicted molar refractivity (Wildman–Crippen MR) is 72.2 cm³/mol. The van der Waals surface area contributed by atoms with Crippen LogP contribution < -0.4 is 5.32 Å². The van der Waals surface area contributed by atoms with Crippen LogP contribution in [0.1, 0.15) is 46.5 Å². The number of nitrogens with one attached hydrogen (secondary N) is 1. The zero-order valence-corrected chi connectivity index (χ0v) is 12.3. The molecule has 1 saturated heterocycles. The molecule has 1 N–H and O–H groups in total. The van der Waals surface area contributed by atoms with Gasteiger partial charge in [-0.05, 0) is 31.7 Å². The Kier molecular flexibility index (Phi) is 6.60. The third kappa shape index (κ3) is 6.13. The highest BCUT2D eigenvalue weighted by molar-refractivity contribution is 4.87. The molecule has 1 heterocycles. The highest BCUT2D eigenvalue weighted by Gasteiger charge is 2.29. The maximum absolute atomic E-state index is 12.1. The number of alkyl halides is 3. The second-order valence-corrected chi connectivity index (χ2v) is 5.89. The number of piperazine rings is 1. The average Bonchev–Trinajstić information content (AvgIpc) is 2.33. The minimum absolute atomic E-state index is 0.245. The Morgan fingerprint density at radius 3 is 2.47 bits per heavy atom. The first-order chi connectivity index (χ1) is 8.83. The molecule has 0 bridgehead atoms. The van der Waals surface area contributed by atoms with E-state index in [4.69, 9.17) is 0 Å².